The first-order chi connectivity index (χ1) is 11.8. The summed E-state index contributed by atoms with van der Waals surface area (Å²) in [6.07, 6.45) is 0. The number of rotatable bonds is 5. The summed E-state index contributed by atoms with van der Waals surface area (Å²) in [4.78, 5) is 12.1. The van der Waals surface area contributed by atoms with E-state index in [2.05, 4.69) is 10.6 Å². The van der Waals surface area contributed by atoms with Crippen molar-refractivity contribution in [2.45, 2.75) is 13.0 Å². The van der Waals surface area contributed by atoms with E-state index in [0.29, 0.717) is 11.5 Å². The number of urea groups is 1. The van der Waals surface area contributed by atoms with Crippen LogP contribution in [0.1, 0.15) is 18.5 Å². The van der Waals surface area contributed by atoms with Crippen LogP contribution in [0.4, 0.5) is 10.5 Å². The molecule has 0 saturated carbocycles. The van der Waals surface area contributed by atoms with Crippen LogP contribution in [0.2, 0.25) is 0 Å². The van der Waals surface area contributed by atoms with Gasteiger partial charge in [0.05, 0.1) is 25.9 Å². The van der Waals surface area contributed by atoms with E-state index in [1.54, 1.807) is 25.1 Å². The van der Waals surface area contributed by atoms with E-state index in [-0.39, 0.29) is 11.7 Å². The number of aromatic hydroxyl groups is 3. The first-order valence-corrected chi connectivity index (χ1v) is 7.40. The molecule has 2 aromatic carbocycles. The molecular weight excluding hydrogens is 328 g/mol. The van der Waals surface area contributed by atoms with E-state index in [1.807, 2.05) is 0 Å². The maximum absolute atomic E-state index is 12.1. The van der Waals surface area contributed by atoms with Gasteiger partial charge in [-0.1, -0.05) is 6.07 Å². The summed E-state index contributed by atoms with van der Waals surface area (Å²) in [5, 5.41) is 33.4. The van der Waals surface area contributed by atoms with Gasteiger partial charge in [0.25, 0.3) is 0 Å². The molecule has 2 rings (SSSR count). The van der Waals surface area contributed by atoms with Gasteiger partial charge in [-0.25, -0.2) is 4.79 Å². The van der Waals surface area contributed by atoms with E-state index in [1.165, 1.54) is 14.2 Å². The SMILES string of the molecule is COc1ccc(C(C)NC(=O)Nc2cc(O)c(O)c(O)c2)cc1OC. The molecule has 0 aliphatic carbocycles. The van der Waals surface area contributed by atoms with Crippen LogP contribution in [0, 0.1) is 0 Å². The minimum absolute atomic E-state index is 0.129. The average Bonchev–Trinajstić information content (AvgIpc) is 2.58. The van der Waals surface area contributed by atoms with Gasteiger partial charge >= 0.3 is 6.03 Å². The lowest BCUT2D eigenvalue weighted by Gasteiger charge is -2.17. The first-order valence-electron chi connectivity index (χ1n) is 7.40. The number of nitrogens with one attached hydrogen (secondary N) is 2. The second-order valence-electron chi connectivity index (χ2n) is 5.30. The van der Waals surface area contributed by atoms with Crippen LogP contribution >= 0.6 is 0 Å². The fourth-order valence-electron chi connectivity index (χ4n) is 2.25. The first kappa shape index (κ1) is 18.1. The predicted molar refractivity (Wildman–Crippen MR) is 91.6 cm³/mol. The molecule has 5 N–H and O–H groups in total. The number of hydrogen-bond donors (Lipinski definition) is 5. The number of carbonyl (C=O) groups is 1. The van der Waals surface area contributed by atoms with Crippen molar-refractivity contribution in [3.63, 3.8) is 0 Å². The fraction of sp³-hybridized carbons (Fsp3) is 0.235. The van der Waals surface area contributed by atoms with E-state index in [0.717, 1.165) is 17.7 Å². The van der Waals surface area contributed by atoms with E-state index in [9.17, 15) is 20.1 Å². The molecule has 25 heavy (non-hydrogen) atoms. The monoisotopic (exact) mass is 348 g/mol. The van der Waals surface area contributed by atoms with Gasteiger partial charge < -0.3 is 35.4 Å². The second kappa shape index (κ2) is 7.52. The van der Waals surface area contributed by atoms with Crippen LogP contribution in [0.25, 0.3) is 0 Å². The van der Waals surface area contributed by atoms with Crippen LogP contribution < -0.4 is 20.1 Å². The van der Waals surface area contributed by atoms with Crippen LogP contribution in [0.5, 0.6) is 28.7 Å². The Labute approximate surface area is 144 Å². The van der Waals surface area contributed by atoms with Crippen molar-refractivity contribution in [3.05, 3.63) is 35.9 Å². The van der Waals surface area contributed by atoms with Gasteiger partial charge in [-0.3, -0.25) is 0 Å². The van der Waals surface area contributed by atoms with Gasteiger partial charge in [0.2, 0.25) is 0 Å². The highest BCUT2D eigenvalue weighted by Crippen LogP contribution is 2.37. The largest absolute Gasteiger partial charge is 0.504 e. The lowest BCUT2D eigenvalue weighted by atomic mass is 10.1. The quantitative estimate of drug-likeness (QED) is 0.418. The Morgan fingerprint density at radius 3 is 2.16 bits per heavy atom. The Morgan fingerprint density at radius 2 is 1.60 bits per heavy atom. The molecule has 0 spiro atoms. The molecule has 0 aliphatic rings. The molecule has 1 atom stereocenters. The second-order valence-corrected chi connectivity index (χ2v) is 5.30. The number of benzene rings is 2. The van der Waals surface area contributed by atoms with Gasteiger partial charge in [-0.05, 0) is 24.6 Å². The Kier molecular flexibility index (Phi) is 5.43. The van der Waals surface area contributed by atoms with Crippen LogP contribution in [-0.2, 0) is 0 Å². The van der Waals surface area contributed by atoms with Crippen molar-refractivity contribution in [3.8, 4) is 28.7 Å². The highest BCUT2D eigenvalue weighted by molar-refractivity contribution is 5.90. The molecular formula is C17H20N2O6. The van der Waals surface area contributed by atoms with Gasteiger partial charge in [0, 0.05) is 12.1 Å². The van der Waals surface area contributed by atoms with Gasteiger partial charge in [0.15, 0.2) is 28.7 Å². The van der Waals surface area contributed by atoms with Crippen molar-refractivity contribution in [2.24, 2.45) is 0 Å². The number of amides is 2. The smallest absolute Gasteiger partial charge is 0.319 e. The van der Waals surface area contributed by atoms with Gasteiger partial charge in [-0.15, -0.1) is 0 Å². The molecule has 2 amide bonds. The van der Waals surface area contributed by atoms with E-state index < -0.39 is 23.3 Å². The average molecular weight is 348 g/mol. The molecule has 0 aromatic heterocycles. The number of phenols is 3. The molecule has 0 aliphatic heterocycles. The molecule has 2 aromatic rings. The minimum Gasteiger partial charge on any atom is -0.504 e. The molecule has 0 bridgehead atoms. The number of phenolic OH excluding ortho intramolecular Hbond substituents is 3. The van der Waals surface area contributed by atoms with Crippen molar-refractivity contribution in [2.75, 3.05) is 19.5 Å². The maximum Gasteiger partial charge on any atom is 0.319 e. The number of methoxy groups -OCH3 is 2. The molecule has 0 radical (unpaired) electrons. The van der Waals surface area contributed by atoms with Crippen LogP contribution in [-0.4, -0.2) is 35.6 Å². The standard InChI is InChI=1S/C17H20N2O6/c1-9(10-4-5-14(24-2)15(6-10)25-3)18-17(23)19-11-7-12(20)16(22)13(21)8-11/h4-9,20-22H,1-3H3,(H2,18,19,23). The maximum atomic E-state index is 12.1. The molecule has 8 heteroatoms. The fourth-order valence-corrected chi connectivity index (χ4v) is 2.25. The lowest BCUT2D eigenvalue weighted by Crippen LogP contribution is -2.31. The number of ether oxygens (including phenoxy) is 2. The molecule has 0 heterocycles. The van der Waals surface area contributed by atoms with E-state index in [4.69, 9.17) is 9.47 Å². The third-order valence-corrected chi connectivity index (χ3v) is 3.58. The summed E-state index contributed by atoms with van der Waals surface area (Å²) < 4.78 is 10.4. The summed E-state index contributed by atoms with van der Waals surface area (Å²) >= 11 is 0. The van der Waals surface area contributed by atoms with Crippen molar-refractivity contribution >= 4 is 11.7 Å². The summed E-state index contributed by atoms with van der Waals surface area (Å²) in [7, 11) is 3.06. The highest BCUT2D eigenvalue weighted by atomic mass is 16.5. The zero-order valence-corrected chi connectivity index (χ0v) is 14.0. The zero-order valence-electron chi connectivity index (χ0n) is 14.0. The summed E-state index contributed by atoms with van der Waals surface area (Å²) in [5.74, 6) is -0.600. The number of anilines is 1. The zero-order chi connectivity index (χ0) is 18.6. The van der Waals surface area contributed by atoms with E-state index >= 15 is 0 Å². The van der Waals surface area contributed by atoms with Crippen LogP contribution in [0.15, 0.2) is 30.3 Å². The van der Waals surface area contributed by atoms with Crippen molar-refractivity contribution in [1.29, 1.82) is 0 Å². The third-order valence-electron chi connectivity index (χ3n) is 3.58. The minimum atomic E-state index is -0.648. The topological polar surface area (TPSA) is 120 Å². The Hall–Kier alpha value is -3.29. The summed E-state index contributed by atoms with van der Waals surface area (Å²) in [6, 6.07) is 6.63. The normalized spacial score (nSPS) is 11.5. The number of carbonyl (C=O) groups excluding carboxylic acids is 1. The lowest BCUT2D eigenvalue weighted by molar-refractivity contribution is 0.249. The highest BCUT2D eigenvalue weighted by Gasteiger charge is 2.14. The van der Waals surface area contributed by atoms with Crippen molar-refractivity contribution < 1.29 is 29.6 Å². The third kappa shape index (κ3) is 4.17. The molecule has 0 fully saturated rings. The molecule has 8 nitrogen and oxygen atoms in total. The van der Waals surface area contributed by atoms with Gasteiger partial charge in [-0.2, -0.15) is 0 Å². The Bertz CT molecular complexity index is 755. The number of hydrogen-bond acceptors (Lipinski definition) is 6. The van der Waals surface area contributed by atoms with Crippen LogP contribution in [0.3, 0.4) is 0 Å². The molecule has 0 saturated heterocycles. The summed E-state index contributed by atoms with van der Waals surface area (Å²) in [5.41, 5.74) is 0.925. The van der Waals surface area contributed by atoms with Gasteiger partial charge in [0.1, 0.15) is 0 Å². The molecule has 134 valence electrons. The Balaban J connectivity index is 2.07. The predicted octanol–water partition coefficient (Wildman–Crippen LogP) is 2.70. The Morgan fingerprint density at radius 1 is 1.00 bits per heavy atom. The summed E-state index contributed by atoms with van der Waals surface area (Å²) in [6.45, 7) is 1.78. The van der Waals surface area contributed by atoms with Crippen molar-refractivity contribution in [1.82, 2.24) is 5.32 Å². The molecule has 1 unspecified atom stereocenters.